The van der Waals surface area contributed by atoms with Crippen LogP contribution in [0.5, 0.6) is 0 Å². The number of amides is 1. The zero-order valence-electron chi connectivity index (χ0n) is 18.3. The normalized spacial score (nSPS) is 14.2. The van der Waals surface area contributed by atoms with Crippen molar-refractivity contribution in [3.8, 4) is 0 Å². The maximum Gasteiger partial charge on any atom is 0.221 e. The fourth-order valence-electron chi connectivity index (χ4n) is 3.90. The lowest BCUT2D eigenvalue weighted by Crippen LogP contribution is -2.35. The lowest BCUT2D eigenvalue weighted by Gasteiger charge is -2.31. The Morgan fingerprint density at radius 3 is 2.55 bits per heavy atom. The minimum atomic E-state index is -0.417. The summed E-state index contributed by atoms with van der Waals surface area (Å²) in [6, 6.07) is 17.6. The highest BCUT2D eigenvalue weighted by atomic mass is 35.5. The number of hydrogen-bond acceptors (Lipinski definition) is 6. The van der Waals surface area contributed by atoms with Gasteiger partial charge in [-0.15, -0.1) is 0 Å². The van der Waals surface area contributed by atoms with Gasteiger partial charge in [0.1, 0.15) is 5.82 Å². The molecule has 1 aromatic heterocycles. The van der Waals surface area contributed by atoms with Crippen molar-refractivity contribution in [3.63, 3.8) is 0 Å². The molecule has 172 valence electrons. The molecule has 1 aliphatic heterocycles. The Morgan fingerprint density at radius 1 is 1.12 bits per heavy atom. The van der Waals surface area contributed by atoms with E-state index in [-0.39, 0.29) is 12.5 Å². The Hall–Kier alpha value is -3.29. The molecule has 1 amide bonds. The molecule has 8 heteroatoms. The van der Waals surface area contributed by atoms with Crippen molar-refractivity contribution in [3.05, 3.63) is 76.9 Å². The number of carbonyl (C=O) groups is 1. The standard InChI is InChI=1S/C25H28ClN5O2/c26-22-4-2-1-3-17(22)15-28-23-14-25(29-16-18(23)13-24(27)33)30-19-5-7-20(8-6-19)31-11-9-21(32)10-12-31/h1-8,14,16,21,32H,9-13,15H2,(H2,27,33)(H2,28,29,30). The topological polar surface area (TPSA) is 104 Å². The predicted octanol–water partition coefficient (Wildman–Crippen LogP) is 4.08. The van der Waals surface area contributed by atoms with Crippen LogP contribution >= 0.6 is 11.6 Å². The molecular weight excluding hydrogens is 438 g/mol. The molecule has 7 nitrogen and oxygen atoms in total. The first-order chi connectivity index (χ1) is 16.0. The molecular formula is C25H28ClN5O2. The number of nitrogens with two attached hydrogens (primary N) is 1. The Morgan fingerprint density at radius 2 is 1.85 bits per heavy atom. The summed E-state index contributed by atoms with van der Waals surface area (Å²) in [4.78, 5) is 18.3. The number of pyridine rings is 1. The Balaban J connectivity index is 1.47. The lowest BCUT2D eigenvalue weighted by atomic mass is 10.1. The summed E-state index contributed by atoms with van der Waals surface area (Å²) in [5, 5.41) is 17.1. The number of carbonyl (C=O) groups excluding carboxylic acids is 1. The van der Waals surface area contributed by atoms with Crippen molar-refractivity contribution in [2.75, 3.05) is 28.6 Å². The monoisotopic (exact) mass is 465 g/mol. The molecule has 2 aromatic carbocycles. The summed E-state index contributed by atoms with van der Waals surface area (Å²) in [5.74, 6) is 0.234. The molecule has 0 bridgehead atoms. The molecule has 0 saturated carbocycles. The second-order valence-electron chi connectivity index (χ2n) is 8.20. The minimum Gasteiger partial charge on any atom is -0.393 e. The summed E-state index contributed by atoms with van der Waals surface area (Å²) in [7, 11) is 0. The zero-order valence-corrected chi connectivity index (χ0v) is 19.1. The molecule has 3 aromatic rings. The van der Waals surface area contributed by atoms with E-state index in [1.165, 1.54) is 0 Å². The van der Waals surface area contributed by atoms with Gasteiger partial charge in [-0.25, -0.2) is 4.98 Å². The highest BCUT2D eigenvalue weighted by Crippen LogP contribution is 2.26. The average molecular weight is 466 g/mol. The van der Waals surface area contributed by atoms with Crippen molar-refractivity contribution >= 4 is 40.4 Å². The molecule has 0 aliphatic carbocycles. The van der Waals surface area contributed by atoms with Crippen molar-refractivity contribution in [1.29, 1.82) is 0 Å². The number of nitrogens with one attached hydrogen (secondary N) is 2. The van der Waals surface area contributed by atoms with Gasteiger partial charge in [-0.2, -0.15) is 0 Å². The number of aliphatic hydroxyl groups excluding tert-OH is 1. The fourth-order valence-corrected chi connectivity index (χ4v) is 4.11. The van der Waals surface area contributed by atoms with E-state index < -0.39 is 5.91 Å². The van der Waals surface area contributed by atoms with Gasteiger partial charge in [-0.1, -0.05) is 29.8 Å². The van der Waals surface area contributed by atoms with E-state index in [2.05, 4.69) is 32.7 Å². The summed E-state index contributed by atoms with van der Waals surface area (Å²) >= 11 is 6.27. The number of nitrogens with zero attached hydrogens (tertiary/aromatic N) is 2. The largest absolute Gasteiger partial charge is 0.393 e. The molecule has 1 saturated heterocycles. The van der Waals surface area contributed by atoms with Crippen LogP contribution in [0.4, 0.5) is 22.9 Å². The quantitative estimate of drug-likeness (QED) is 0.399. The molecule has 0 unspecified atom stereocenters. The Labute approximate surface area is 198 Å². The van der Waals surface area contributed by atoms with Gasteiger partial charge < -0.3 is 26.4 Å². The predicted molar refractivity (Wildman–Crippen MR) is 133 cm³/mol. The molecule has 1 fully saturated rings. The molecule has 2 heterocycles. The smallest absolute Gasteiger partial charge is 0.221 e. The number of benzene rings is 2. The summed E-state index contributed by atoms with van der Waals surface area (Å²) in [6.45, 7) is 2.22. The van der Waals surface area contributed by atoms with Crippen molar-refractivity contribution < 1.29 is 9.90 Å². The molecule has 4 rings (SSSR count). The number of hydrogen-bond donors (Lipinski definition) is 4. The van der Waals surface area contributed by atoms with Gasteiger partial charge in [-0.3, -0.25) is 4.79 Å². The van der Waals surface area contributed by atoms with Gasteiger partial charge in [0.15, 0.2) is 0 Å². The van der Waals surface area contributed by atoms with Crippen LogP contribution in [0.15, 0.2) is 60.8 Å². The van der Waals surface area contributed by atoms with Gasteiger partial charge >= 0.3 is 0 Å². The highest BCUT2D eigenvalue weighted by Gasteiger charge is 2.17. The SMILES string of the molecule is NC(=O)Cc1cnc(Nc2ccc(N3CCC(O)CC3)cc2)cc1NCc1ccccc1Cl. The van der Waals surface area contributed by atoms with Crippen LogP contribution in [0.1, 0.15) is 24.0 Å². The summed E-state index contributed by atoms with van der Waals surface area (Å²) in [5.41, 5.74) is 9.92. The van der Waals surface area contributed by atoms with Crippen LogP contribution in [0.2, 0.25) is 5.02 Å². The Bertz CT molecular complexity index is 1100. The maximum atomic E-state index is 11.5. The van der Waals surface area contributed by atoms with Gasteiger partial charge in [0.05, 0.1) is 12.5 Å². The summed E-state index contributed by atoms with van der Waals surface area (Å²) < 4.78 is 0. The number of aromatic nitrogens is 1. The van der Waals surface area contributed by atoms with Crippen molar-refractivity contribution in [2.24, 2.45) is 5.73 Å². The van der Waals surface area contributed by atoms with Gasteiger partial charge in [0.2, 0.25) is 5.91 Å². The number of halogens is 1. The van der Waals surface area contributed by atoms with E-state index in [1.807, 2.05) is 42.5 Å². The van der Waals surface area contributed by atoms with E-state index in [0.717, 1.165) is 54.1 Å². The van der Waals surface area contributed by atoms with Crippen LogP contribution in [0.3, 0.4) is 0 Å². The first-order valence-corrected chi connectivity index (χ1v) is 11.4. The number of piperidine rings is 1. The van der Waals surface area contributed by atoms with Crippen molar-refractivity contribution in [2.45, 2.75) is 31.9 Å². The van der Waals surface area contributed by atoms with Crippen molar-refractivity contribution in [1.82, 2.24) is 4.98 Å². The lowest BCUT2D eigenvalue weighted by molar-refractivity contribution is -0.117. The number of rotatable bonds is 8. The van der Waals surface area contributed by atoms with Gasteiger partial charge in [-0.05, 0) is 48.7 Å². The molecule has 5 N–H and O–H groups in total. The molecule has 0 spiro atoms. The third-order valence-electron chi connectivity index (χ3n) is 5.75. The molecule has 1 aliphatic rings. The first-order valence-electron chi connectivity index (χ1n) is 11.0. The number of primary amides is 1. The molecule has 0 atom stereocenters. The van der Waals surface area contributed by atoms with Crippen LogP contribution in [-0.4, -0.2) is 35.2 Å². The fraction of sp³-hybridized carbons (Fsp3) is 0.280. The maximum absolute atomic E-state index is 11.5. The van der Waals surface area contributed by atoms with Gasteiger partial charge in [0, 0.05) is 59.5 Å². The molecule has 0 radical (unpaired) electrons. The van der Waals surface area contributed by atoms with Crippen LogP contribution in [0, 0.1) is 0 Å². The zero-order chi connectivity index (χ0) is 23.2. The van der Waals surface area contributed by atoms with Crippen LogP contribution in [0.25, 0.3) is 0 Å². The molecule has 33 heavy (non-hydrogen) atoms. The average Bonchev–Trinajstić information content (AvgIpc) is 2.81. The number of anilines is 4. The third kappa shape index (κ3) is 6.15. The van der Waals surface area contributed by atoms with Gasteiger partial charge in [0.25, 0.3) is 0 Å². The van der Waals surface area contributed by atoms with E-state index in [0.29, 0.717) is 17.4 Å². The van der Waals surface area contributed by atoms with E-state index in [9.17, 15) is 9.90 Å². The second-order valence-corrected chi connectivity index (χ2v) is 8.61. The number of aliphatic hydroxyl groups is 1. The van der Waals surface area contributed by atoms with E-state index >= 15 is 0 Å². The summed E-state index contributed by atoms with van der Waals surface area (Å²) in [6.07, 6.45) is 3.16. The third-order valence-corrected chi connectivity index (χ3v) is 6.12. The Kier molecular flexibility index (Phi) is 7.32. The van der Waals surface area contributed by atoms with E-state index in [1.54, 1.807) is 6.20 Å². The van der Waals surface area contributed by atoms with Crippen LogP contribution in [-0.2, 0) is 17.8 Å². The van der Waals surface area contributed by atoms with E-state index in [4.69, 9.17) is 17.3 Å². The minimum absolute atomic E-state index is 0.0946. The van der Waals surface area contributed by atoms with Crippen LogP contribution < -0.4 is 21.3 Å². The highest BCUT2D eigenvalue weighted by molar-refractivity contribution is 6.31. The second kappa shape index (κ2) is 10.6. The first kappa shape index (κ1) is 22.9.